The average Bonchev–Trinajstić information content (AvgIpc) is 2.39. The van der Waals surface area contributed by atoms with Crippen molar-refractivity contribution in [3.8, 4) is 22.6 Å². The van der Waals surface area contributed by atoms with E-state index in [0.29, 0.717) is 11.1 Å². The number of halogens is 5. The van der Waals surface area contributed by atoms with Gasteiger partial charge in [0.05, 0.1) is 15.1 Å². The summed E-state index contributed by atoms with van der Waals surface area (Å²) in [5, 5.41) is 19.3. The van der Waals surface area contributed by atoms with Crippen LogP contribution in [0.25, 0.3) is 11.1 Å². The average molecular weight is 358 g/mol. The second kappa shape index (κ2) is 5.47. The quantitative estimate of drug-likeness (QED) is 0.611. The lowest BCUT2D eigenvalue weighted by Gasteiger charge is -2.12. The molecule has 0 amide bonds. The molecule has 19 heavy (non-hydrogen) atoms. The summed E-state index contributed by atoms with van der Waals surface area (Å²) in [6.45, 7) is 0. The highest BCUT2D eigenvalue weighted by molar-refractivity contribution is 6.50. The highest BCUT2D eigenvalue weighted by atomic mass is 35.5. The number of hydrogen-bond acceptors (Lipinski definition) is 2. The Bertz CT molecular complexity index is 670. The predicted molar refractivity (Wildman–Crippen MR) is 80.3 cm³/mol. The molecule has 0 radical (unpaired) electrons. The molecule has 2 aromatic rings. The molecule has 0 heterocycles. The minimum atomic E-state index is -0.230. The van der Waals surface area contributed by atoms with E-state index in [2.05, 4.69) is 0 Å². The smallest absolute Gasteiger partial charge is 0.136 e. The maximum Gasteiger partial charge on any atom is 0.136 e. The second-order valence-corrected chi connectivity index (χ2v) is 5.54. The summed E-state index contributed by atoms with van der Waals surface area (Å²) in [5.74, 6) is -0.387. The zero-order valence-corrected chi connectivity index (χ0v) is 12.8. The van der Waals surface area contributed by atoms with Crippen LogP contribution in [0.4, 0.5) is 0 Å². The SMILES string of the molecule is Oc1ccc(-c2cc(O)c(Cl)c(Cl)c2Cl)c(Cl)c1Cl. The van der Waals surface area contributed by atoms with Crippen molar-refractivity contribution >= 4 is 58.0 Å². The van der Waals surface area contributed by atoms with E-state index in [1.807, 2.05) is 0 Å². The van der Waals surface area contributed by atoms with Gasteiger partial charge < -0.3 is 10.2 Å². The summed E-state index contributed by atoms with van der Waals surface area (Å²) in [5.41, 5.74) is 0.781. The molecule has 0 fully saturated rings. The van der Waals surface area contributed by atoms with Crippen LogP contribution >= 0.6 is 58.0 Å². The molecule has 0 aliphatic rings. The minimum Gasteiger partial charge on any atom is -0.506 e. The van der Waals surface area contributed by atoms with Crippen LogP contribution in [0.2, 0.25) is 25.1 Å². The summed E-state index contributed by atoms with van der Waals surface area (Å²) in [6, 6.07) is 4.19. The van der Waals surface area contributed by atoms with Gasteiger partial charge in [-0.2, -0.15) is 0 Å². The lowest BCUT2D eigenvalue weighted by atomic mass is 10.0. The van der Waals surface area contributed by atoms with Crippen molar-refractivity contribution in [1.82, 2.24) is 0 Å². The summed E-state index contributed by atoms with van der Waals surface area (Å²) in [6.07, 6.45) is 0. The molecule has 0 saturated heterocycles. The van der Waals surface area contributed by atoms with Crippen LogP contribution in [0.3, 0.4) is 0 Å². The Morgan fingerprint density at radius 1 is 0.579 bits per heavy atom. The number of phenolic OH excluding ortho intramolecular Hbond substituents is 2. The third-order valence-corrected chi connectivity index (χ3v) is 4.70. The maximum atomic E-state index is 9.68. The Kier molecular flexibility index (Phi) is 4.29. The first-order valence-corrected chi connectivity index (χ1v) is 6.77. The van der Waals surface area contributed by atoms with Crippen LogP contribution < -0.4 is 0 Å². The van der Waals surface area contributed by atoms with Gasteiger partial charge >= 0.3 is 0 Å². The molecule has 0 unspecified atom stereocenters. The molecule has 0 atom stereocenters. The third-order valence-electron chi connectivity index (χ3n) is 2.48. The fourth-order valence-electron chi connectivity index (χ4n) is 1.53. The first-order valence-electron chi connectivity index (χ1n) is 4.88. The number of rotatable bonds is 1. The van der Waals surface area contributed by atoms with Crippen molar-refractivity contribution in [3.05, 3.63) is 43.3 Å². The molecule has 2 rings (SSSR count). The Morgan fingerprint density at radius 2 is 1.11 bits per heavy atom. The largest absolute Gasteiger partial charge is 0.506 e. The zero-order valence-electron chi connectivity index (χ0n) is 9.02. The van der Waals surface area contributed by atoms with Gasteiger partial charge in [0, 0.05) is 11.1 Å². The van der Waals surface area contributed by atoms with Crippen molar-refractivity contribution in [2.75, 3.05) is 0 Å². The van der Waals surface area contributed by atoms with Gasteiger partial charge in [0.25, 0.3) is 0 Å². The van der Waals surface area contributed by atoms with Crippen molar-refractivity contribution < 1.29 is 10.2 Å². The maximum absolute atomic E-state index is 9.68. The van der Waals surface area contributed by atoms with Crippen molar-refractivity contribution in [2.45, 2.75) is 0 Å². The normalized spacial score (nSPS) is 10.8. The molecule has 0 aliphatic carbocycles. The first-order chi connectivity index (χ1) is 8.84. The third kappa shape index (κ3) is 2.56. The van der Waals surface area contributed by atoms with E-state index in [4.69, 9.17) is 58.0 Å². The highest BCUT2D eigenvalue weighted by Crippen LogP contribution is 2.47. The van der Waals surface area contributed by atoms with Crippen LogP contribution in [0.15, 0.2) is 18.2 Å². The molecular formula is C12H5Cl5O2. The minimum absolute atomic E-state index is 0.0126. The van der Waals surface area contributed by atoms with Gasteiger partial charge in [0.15, 0.2) is 0 Å². The molecule has 7 heteroatoms. The van der Waals surface area contributed by atoms with Gasteiger partial charge in [-0.05, 0) is 18.2 Å². The van der Waals surface area contributed by atoms with E-state index in [1.165, 1.54) is 18.2 Å². The molecule has 2 aromatic carbocycles. The highest BCUT2D eigenvalue weighted by Gasteiger charge is 2.18. The summed E-state index contributed by atoms with van der Waals surface area (Å²) >= 11 is 29.7. The fourth-order valence-corrected chi connectivity index (χ4v) is 2.61. The number of aromatic hydroxyl groups is 2. The van der Waals surface area contributed by atoms with Crippen LogP contribution in [-0.4, -0.2) is 10.2 Å². The molecular weight excluding hydrogens is 353 g/mol. The van der Waals surface area contributed by atoms with E-state index in [1.54, 1.807) is 0 Å². The molecule has 2 nitrogen and oxygen atoms in total. The van der Waals surface area contributed by atoms with Crippen molar-refractivity contribution in [1.29, 1.82) is 0 Å². The number of hydrogen-bond donors (Lipinski definition) is 2. The van der Waals surface area contributed by atoms with Crippen LogP contribution in [0, 0.1) is 0 Å². The van der Waals surface area contributed by atoms with E-state index < -0.39 is 0 Å². The van der Waals surface area contributed by atoms with Crippen molar-refractivity contribution in [2.24, 2.45) is 0 Å². The second-order valence-electron chi connectivity index (χ2n) is 3.65. The van der Waals surface area contributed by atoms with Gasteiger partial charge in [-0.15, -0.1) is 0 Å². The van der Waals surface area contributed by atoms with Crippen LogP contribution in [-0.2, 0) is 0 Å². The van der Waals surface area contributed by atoms with E-state index in [9.17, 15) is 10.2 Å². The Hall–Kier alpha value is -0.510. The van der Waals surface area contributed by atoms with E-state index in [0.717, 1.165) is 0 Å². The Balaban J connectivity index is 2.77. The van der Waals surface area contributed by atoms with Gasteiger partial charge in [0.1, 0.15) is 21.5 Å². The summed E-state index contributed by atoms with van der Waals surface area (Å²) in [7, 11) is 0. The standard InChI is InChI=1S/C12H5Cl5O2/c13-8-4(1-2-6(18)10(8)15)5-3-7(19)11(16)12(17)9(5)14/h1-3,18-19H. The van der Waals surface area contributed by atoms with E-state index >= 15 is 0 Å². The lowest BCUT2D eigenvalue weighted by Crippen LogP contribution is -1.85. The van der Waals surface area contributed by atoms with Crippen LogP contribution in [0.1, 0.15) is 0 Å². The van der Waals surface area contributed by atoms with Crippen LogP contribution in [0.5, 0.6) is 11.5 Å². The van der Waals surface area contributed by atoms with Gasteiger partial charge in [0.2, 0.25) is 0 Å². The van der Waals surface area contributed by atoms with Crippen molar-refractivity contribution in [3.63, 3.8) is 0 Å². The molecule has 100 valence electrons. The summed E-state index contributed by atoms with van der Waals surface area (Å²) in [4.78, 5) is 0. The van der Waals surface area contributed by atoms with Gasteiger partial charge in [-0.1, -0.05) is 58.0 Å². The lowest BCUT2D eigenvalue weighted by molar-refractivity contribution is 0.475. The number of phenols is 2. The molecule has 0 saturated carbocycles. The molecule has 0 aromatic heterocycles. The molecule has 0 aliphatic heterocycles. The molecule has 2 N–H and O–H groups in total. The summed E-state index contributed by atoms with van der Waals surface area (Å²) < 4.78 is 0. The van der Waals surface area contributed by atoms with Gasteiger partial charge in [-0.25, -0.2) is 0 Å². The topological polar surface area (TPSA) is 40.5 Å². The first kappa shape index (κ1) is 14.9. The van der Waals surface area contributed by atoms with E-state index in [-0.39, 0.29) is 36.6 Å². The van der Waals surface area contributed by atoms with Gasteiger partial charge in [-0.3, -0.25) is 0 Å². The monoisotopic (exact) mass is 356 g/mol. The molecule has 0 bridgehead atoms. The molecule has 0 spiro atoms. The number of benzene rings is 2. The zero-order chi connectivity index (χ0) is 14.3. The predicted octanol–water partition coefficient (Wildman–Crippen LogP) is 6.03. The Morgan fingerprint density at radius 3 is 1.74 bits per heavy atom. The Labute approximate surface area is 134 Å². The fraction of sp³-hybridized carbons (Fsp3) is 0.